The van der Waals surface area contributed by atoms with Crippen LogP contribution in [0.25, 0.3) is 0 Å². The second-order valence-corrected chi connectivity index (χ2v) is 8.70. The number of methoxy groups -OCH3 is 2. The Morgan fingerprint density at radius 3 is 1.89 bits per heavy atom. The van der Waals surface area contributed by atoms with Crippen LogP contribution in [0.15, 0.2) is 91.0 Å². The highest BCUT2D eigenvalue weighted by Gasteiger charge is 2.32. The summed E-state index contributed by atoms with van der Waals surface area (Å²) in [7, 11) is 3.41. The zero-order chi connectivity index (χ0) is 24.0. The third-order valence-corrected chi connectivity index (χ3v) is 6.59. The zero-order valence-electron chi connectivity index (χ0n) is 20.2. The summed E-state index contributed by atoms with van der Waals surface area (Å²) in [6.45, 7) is 1.05. The highest BCUT2D eigenvalue weighted by Crippen LogP contribution is 2.49. The van der Waals surface area contributed by atoms with Crippen molar-refractivity contribution in [2.45, 2.75) is 32.0 Å². The third kappa shape index (κ3) is 4.97. The lowest BCUT2D eigenvalue weighted by Crippen LogP contribution is -2.06. The molecule has 0 fully saturated rings. The minimum atomic E-state index is 0.126. The molecule has 0 spiro atoms. The summed E-state index contributed by atoms with van der Waals surface area (Å²) in [6, 6.07) is 30.6. The van der Waals surface area contributed by atoms with Crippen LogP contribution in [0, 0.1) is 0 Å². The highest BCUT2D eigenvalue weighted by molar-refractivity contribution is 5.59. The van der Waals surface area contributed by atoms with Crippen LogP contribution in [-0.4, -0.2) is 14.2 Å². The Labute approximate surface area is 207 Å². The van der Waals surface area contributed by atoms with Gasteiger partial charge in [0.2, 0.25) is 0 Å². The van der Waals surface area contributed by atoms with Gasteiger partial charge in [-0.3, -0.25) is 0 Å². The van der Waals surface area contributed by atoms with Crippen molar-refractivity contribution in [3.63, 3.8) is 0 Å². The van der Waals surface area contributed by atoms with Crippen molar-refractivity contribution in [1.82, 2.24) is 0 Å². The molecule has 1 aliphatic rings. The van der Waals surface area contributed by atoms with E-state index in [2.05, 4.69) is 30.3 Å². The summed E-state index contributed by atoms with van der Waals surface area (Å²) < 4.78 is 24.0. The van der Waals surface area contributed by atoms with E-state index in [9.17, 15) is 0 Å². The number of hydrogen-bond acceptors (Lipinski definition) is 4. The minimum Gasteiger partial charge on any atom is -0.497 e. The molecule has 1 aliphatic carbocycles. The maximum absolute atomic E-state index is 6.41. The Morgan fingerprint density at radius 1 is 0.657 bits per heavy atom. The van der Waals surface area contributed by atoms with Gasteiger partial charge in [-0.05, 0) is 54.3 Å². The molecular weight excluding hydrogens is 436 g/mol. The van der Waals surface area contributed by atoms with Crippen LogP contribution in [0.1, 0.15) is 40.2 Å². The first-order valence-corrected chi connectivity index (χ1v) is 12.0. The predicted octanol–water partition coefficient (Wildman–Crippen LogP) is 6.94. The molecule has 5 rings (SSSR count). The topological polar surface area (TPSA) is 36.9 Å². The molecule has 1 unspecified atom stereocenters. The molecular formula is C31H30O4. The molecule has 35 heavy (non-hydrogen) atoms. The van der Waals surface area contributed by atoms with E-state index in [-0.39, 0.29) is 5.92 Å². The molecule has 0 radical (unpaired) electrons. The van der Waals surface area contributed by atoms with Crippen molar-refractivity contribution >= 4 is 0 Å². The first kappa shape index (κ1) is 22.9. The van der Waals surface area contributed by atoms with E-state index in [1.165, 1.54) is 11.1 Å². The molecule has 0 aromatic heterocycles. The van der Waals surface area contributed by atoms with Crippen LogP contribution in [0.2, 0.25) is 0 Å². The van der Waals surface area contributed by atoms with Crippen LogP contribution >= 0.6 is 0 Å². The maximum atomic E-state index is 6.41. The van der Waals surface area contributed by atoms with Gasteiger partial charge in [-0.2, -0.15) is 0 Å². The third-order valence-electron chi connectivity index (χ3n) is 6.59. The molecule has 0 N–H and O–H groups in total. The molecule has 0 saturated carbocycles. The van der Waals surface area contributed by atoms with Crippen molar-refractivity contribution < 1.29 is 18.9 Å². The van der Waals surface area contributed by atoms with Gasteiger partial charge in [0.05, 0.1) is 14.2 Å². The second kappa shape index (κ2) is 10.6. The Morgan fingerprint density at radius 2 is 1.26 bits per heavy atom. The Kier molecular flexibility index (Phi) is 6.89. The fourth-order valence-electron chi connectivity index (χ4n) is 4.85. The van der Waals surface area contributed by atoms with Gasteiger partial charge in [0.1, 0.15) is 36.2 Å². The Balaban J connectivity index is 1.52. The molecule has 178 valence electrons. The molecule has 4 heteroatoms. The van der Waals surface area contributed by atoms with Crippen molar-refractivity contribution in [2.24, 2.45) is 0 Å². The lowest BCUT2D eigenvalue weighted by molar-refractivity contribution is 0.293. The summed E-state index contributed by atoms with van der Waals surface area (Å²) in [5.74, 6) is 3.61. The molecule has 4 aromatic carbocycles. The van der Waals surface area contributed by atoms with E-state index in [0.29, 0.717) is 13.2 Å². The Bertz CT molecular complexity index is 1270. The number of benzene rings is 4. The van der Waals surface area contributed by atoms with Crippen molar-refractivity contribution in [3.8, 4) is 23.0 Å². The van der Waals surface area contributed by atoms with Gasteiger partial charge in [-0.15, -0.1) is 0 Å². The number of ether oxygens (including phenoxy) is 4. The van der Waals surface area contributed by atoms with E-state index in [1.54, 1.807) is 14.2 Å². The smallest absolute Gasteiger partial charge is 0.124 e. The molecule has 1 atom stereocenters. The van der Waals surface area contributed by atoms with Gasteiger partial charge in [0.25, 0.3) is 0 Å². The van der Waals surface area contributed by atoms with E-state index >= 15 is 0 Å². The van der Waals surface area contributed by atoms with Crippen LogP contribution in [0.5, 0.6) is 23.0 Å². The van der Waals surface area contributed by atoms with E-state index in [4.69, 9.17) is 18.9 Å². The lowest BCUT2D eigenvalue weighted by Gasteiger charge is -2.21. The van der Waals surface area contributed by atoms with Gasteiger partial charge in [0.15, 0.2) is 0 Å². The number of fused-ring (bicyclic) bond motifs is 1. The molecule has 0 bridgehead atoms. The molecule has 0 amide bonds. The van der Waals surface area contributed by atoms with Crippen molar-refractivity contribution in [3.05, 3.63) is 119 Å². The van der Waals surface area contributed by atoms with E-state index < -0.39 is 0 Å². The summed E-state index contributed by atoms with van der Waals surface area (Å²) in [5, 5.41) is 0. The second-order valence-electron chi connectivity index (χ2n) is 8.70. The van der Waals surface area contributed by atoms with E-state index in [0.717, 1.165) is 52.5 Å². The zero-order valence-corrected chi connectivity index (χ0v) is 20.2. The minimum absolute atomic E-state index is 0.126. The fraction of sp³-hybridized carbons (Fsp3) is 0.226. The number of rotatable bonds is 9. The fourth-order valence-corrected chi connectivity index (χ4v) is 4.85. The SMILES string of the molecule is COc1ccc(OC)c(C2CCc3c(OCc4ccccc4)ccc(OCc4ccccc4)c32)c1. The van der Waals surface area contributed by atoms with Crippen molar-refractivity contribution in [2.75, 3.05) is 14.2 Å². The summed E-state index contributed by atoms with van der Waals surface area (Å²) in [4.78, 5) is 0. The molecule has 0 aliphatic heterocycles. The largest absolute Gasteiger partial charge is 0.497 e. The summed E-state index contributed by atoms with van der Waals surface area (Å²) in [5.41, 5.74) is 5.78. The van der Waals surface area contributed by atoms with E-state index in [1.807, 2.05) is 60.7 Å². The Hall–Kier alpha value is -3.92. The highest BCUT2D eigenvalue weighted by atomic mass is 16.5. The van der Waals surface area contributed by atoms with Crippen LogP contribution in [0.4, 0.5) is 0 Å². The van der Waals surface area contributed by atoms with Crippen LogP contribution in [0.3, 0.4) is 0 Å². The van der Waals surface area contributed by atoms with Gasteiger partial charge >= 0.3 is 0 Å². The standard InChI is InChI=1S/C31H30O4/c1-32-24-13-16-28(33-2)27(19-24)25-14-15-26-29(34-20-22-9-5-3-6-10-22)17-18-30(31(25)26)35-21-23-11-7-4-8-12-23/h3-13,16-19,25H,14-15,20-21H2,1-2H3. The van der Waals surface area contributed by atoms with Crippen molar-refractivity contribution in [1.29, 1.82) is 0 Å². The first-order valence-electron chi connectivity index (χ1n) is 12.0. The normalized spacial score (nSPS) is 14.3. The van der Waals surface area contributed by atoms with Gasteiger partial charge in [-0.1, -0.05) is 60.7 Å². The van der Waals surface area contributed by atoms with Gasteiger partial charge in [0, 0.05) is 22.6 Å². The predicted molar refractivity (Wildman–Crippen MR) is 138 cm³/mol. The maximum Gasteiger partial charge on any atom is 0.124 e. The quantitative estimate of drug-likeness (QED) is 0.268. The van der Waals surface area contributed by atoms with Gasteiger partial charge in [-0.25, -0.2) is 0 Å². The average molecular weight is 467 g/mol. The molecule has 4 aromatic rings. The number of hydrogen-bond donors (Lipinski definition) is 0. The lowest BCUT2D eigenvalue weighted by atomic mass is 9.91. The summed E-state index contributed by atoms with van der Waals surface area (Å²) in [6.07, 6.45) is 1.86. The summed E-state index contributed by atoms with van der Waals surface area (Å²) >= 11 is 0. The molecule has 0 saturated heterocycles. The molecule has 4 nitrogen and oxygen atoms in total. The molecule has 0 heterocycles. The first-order chi connectivity index (χ1) is 17.3. The monoisotopic (exact) mass is 466 g/mol. The van der Waals surface area contributed by atoms with Crippen LogP contribution in [-0.2, 0) is 19.6 Å². The van der Waals surface area contributed by atoms with Crippen LogP contribution < -0.4 is 18.9 Å². The average Bonchev–Trinajstić information content (AvgIpc) is 3.37. The van der Waals surface area contributed by atoms with Gasteiger partial charge < -0.3 is 18.9 Å².